The van der Waals surface area contributed by atoms with E-state index >= 15 is 0 Å². The van der Waals surface area contributed by atoms with Gasteiger partial charge in [0.05, 0.1) is 11.5 Å². The Morgan fingerprint density at radius 2 is 1.89 bits per heavy atom. The quantitative estimate of drug-likeness (QED) is 0.908. The van der Waals surface area contributed by atoms with Crippen molar-refractivity contribution in [2.45, 2.75) is 45.7 Å². The highest BCUT2D eigenvalue weighted by Gasteiger charge is 2.56. The van der Waals surface area contributed by atoms with E-state index in [1.54, 1.807) is 0 Å². The van der Waals surface area contributed by atoms with Crippen molar-refractivity contribution >= 4 is 5.91 Å². The Balaban J connectivity index is 2.31. The van der Waals surface area contributed by atoms with Crippen LogP contribution in [-0.4, -0.2) is 22.9 Å². The number of rotatable bonds is 3. The van der Waals surface area contributed by atoms with E-state index in [1.165, 1.54) is 0 Å². The third kappa shape index (κ3) is 2.06. The van der Waals surface area contributed by atoms with Crippen molar-refractivity contribution in [2.24, 2.45) is 11.1 Å². The van der Waals surface area contributed by atoms with Crippen molar-refractivity contribution in [3.8, 4) is 0 Å². The third-order valence-corrected chi connectivity index (χ3v) is 4.95. The minimum Gasteiger partial charge on any atom is -0.334 e. The van der Waals surface area contributed by atoms with E-state index in [2.05, 4.69) is 19.1 Å². The van der Waals surface area contributed by atoms with Gasteiger partial charge in [-0.25, -0.2) is 0 Å². The molecule has 1 amide bonds. The number of carbonyl (C=O) groups excluding carboxylic acids is 1. The SMILES string of the molecule is CC[C@@]1(C)C(=O)N([C@H](C)c2ccccc2)CC1(C)N. The van der Waals surface area contributed by atoms with Gasteiger partial charge in [0.1, 0.15) is 0 Å². The van der Waals surface area contributed by atoms with Crippen LogP contribution in [0.2, 0.25) is 0 Å². The molecule has 1 aliphatic rings. The number of hydrogen-bond acceptors (Lipinski definition) is 2. The van der Waals surface area contributed by atoms with Gasteiger partial charge in [-0.1, -0.05) is 37.3 Å². The summed E-state index contributed by atoms with van der Waals surface area (Å²) in [5.74, 6) is 0.177. The fourth-order valence-corrected chi connectivity index (χ4v) is 2.94. The second kappa shape index (κ2) is 4.64. The van der Waals surface area contributed by atoms with Crippen LogP contribution in [0.25, 0.3) is 0 Å². The minimum atomic E-state index is -0.470. The summed E-state index contributed by atoms with van der Waals surface area (Å²) < 4.78 is 0. The summed E-state index contributed by atoms with van der Waals surface area (Å²) in [4.78, 5) is 14.7. The smallest absolute Gasteiger partial charge is 0.230 e. The highest BCUT2D eigenvalue weighted by atomic mass is 16.2. The lowest BCUT2D eigenvalue weighted by Crippen LogP contribution is -2.51. The standard InChI is InChI=1S/C16H24N2O/c1-5-15(3)14(19)18(11-16(15,4)17)12(2)13-9-7-6-8-10-13/h6-10,12H,5,11,17H2,1-4H3/t12-,15+,16?/m1/s1. The summed E-state index contributed by atoms with van der Waals surface area (Å²) in [6.45, 7) is 8.72. The van der Waals surface area contributed by atoms with E-state index < -0.39 is 11.0 Å². The number of hydrogen-bond donors (Lipinski definition) is 1. The maximum atomic E-state index is 12.7. The number of carbonyl (C=O) groups is 1. The minimum absolute atomic E-state index is 0.0740. The molecule has 1 heterocycles. The summed E-state index contributed by atoms with van der Waals surface area (Å²) >= 11 is 0. The predicted molar refractivity (Wildman–Crippen MR) is 77.6 cm³/mol. The molecule has 1 saturated heterocycles. The first-order chi connectivity index (χ1) is 8.83. The molecule has 2 N–H and O–H groups in total. The molecule has 0 spiro atoms. The van der Waals surface area contributed by atoms with Crippen LogP contribution >= 0.6 is 0 Å². The average molecular weight is 260 g/mol. The van der Waals surface area contributed by atoms with E-state index in [0.29, 0.717) is 6.54 Å². The number of benzene rings is 1. The Morgan fingerprint density at radius 3 is 2.37 bits per heavy atom. The van der Waals surface area contributed by atoms with Crippen LogP contribution in [0.1, 0.15) is 45.7 Å². The molecule has 1 unspecified atom stereocenters. The van der Waals surface area contributed by atoms with Crippen molar-refractivity contribution in [1.82, 2.24) is 4.90 Å². The molecule has 2 rings (SSSR count). The Bertz CT molecular complexity index is 469. The largest absolute Gasteiger partial charge is 0.334 e. The molecule has 3 heteroatoms. The van der Waals surface area contributed by atoms with Crippen LogP contribution in [-0.2, 0) is 4.79 Å². The van der Waals surface area contributed by atoms with Gasteiger partial charge < -0.3 is 10.6 Å². The highest BCUT2D eigenvalue weighted by molar-refractivity contribution is 5.87. The number of nitrogens with two attached hydrogens (primary N) is 1. The normalized spacial score (nSPS) is 32.7. The van der Waals surface area contributed by atoms with Crippen LogP contribution in [0, 0.1) is 5.41 Å². The lowest BCUT2D eigenvalue weighted by molar-refractivity contribution is -0.138. The van der Waals surface area contributed by atoms with Gasteiger partial charge in [-0.2, -0.15) is 0 Å². The summed E-state index contributed by atoms with van der Waals surface area (Å²) in [7, 11) is 0. The lowest BCUT2D eigenvalue weighted by Gasteiger charge is -2.33. The fourth-order valence-electron chi connectivity index (χ4n) is 2.94. The van der Waals surface area contributed by atoms with Gasteiger partial charge >= 0.3 is 0 Å². The average Bonchev–Trinajstić information content (AvgIpc) is 2.60. The predicted octanol–water partition coefficient (Wildman–Crippen LogP) is 2.72. The molecule has 3 nitrogen and oxygen atoms in total. The number of nitrogens with zero attached hydrogens (tertiary/aromatic N) is 1. The molecule has 19 heavy (non-hydrogen) atoms. The molecule has 0 aromatic heterocycles. The summed E-state index contributed by atoms with van der Waals surface area (Å²) in [6, 6.07) is 10.2. The Morgan fingerprint density at radius 1 is 1.32 bits per heavy atom. The maximum absolute atomic E-state index is 12.7. The summed E-state index contributed by atoms with van der Waals surface area (Å²) in [5, 5.41) is 0. The molecule has 0 bridgehead atoms. The molecule has 1 aromatic rings. The van der Waals surface area contributed by atoms with E-state index in [9.17, 15) is 4.79 Å². The summed E-state index contributed by atoms with van der Waals surface area (Å²) in [5.41, 5.74) is 6.63. The molecule has 0 aliphatic carbocycles. The second-order valence-electron chi connectivity index (χ2n) is 6.12. The second-order valence-corrected chi connectivity index (χ2v) is 6.12. The molecular formula is C16H24N2O. The van der Waals surface area contributed by atoms with Gasteiger partial charge in [0.15, 0.2) is 0 Å². The molecule has 0 saturated carbocycles. The van der Waals surface area contributed by atoms with Crippen LogP contribution in [0.3, 0.4) is 0 Å². The molecule has 1 fully saturated rings. The lowest BCUT2D eigenvalue weighted by atomic mass is 9.73. The van der Waals surface area contributed by atoms with Crippen LogP contribution < -0.4 is 5.73 Å². The zero-order valence-electron chi connectivity index (χ0n) is 12.3. The number of amides is 1. The third-order valence-electron chi connectivity index (χ3n) is 4.95. The van der Waals surface area contributed by atoms with E-state index in [-0.39, 0.29) is 11.9 Å². The zero-order valence-corrected chi connectivity index (χ0v) is 12.3. The van der Waals surface area contributed by atoms with Gasteiger partial charge in [0.25, 0.3) is 0 Å². The first kappa shape index (κ1) is 14.1. The Labute approximate surface area is 115 Å². The topological polar surface area (TPSA) is 46.3 Å². The van der Waals surface area contributed by atoms with Crippen LogP contribution in [0.4, 0.5) is 0 Å². The van der Waals surface area contributed by atoms with Gasteiger partial charge in [-0.15, -0.1) is 0 Å². The molecular weight excluding hydrogens is 236 g/mol. The van der Waals surface area contributed by atoms with Gasteiger partial charge in [-0.3, -0.25) is 4.79 Å². The van der Waals surface area contributed by atoms with Crippen molar-refractivity contribution in [3.05, 3.63) is 35.9 Å². The first-order valence-electron chi connectivity index (χ1n) is 6.98. The van der Waals surface area contributed by atoms with Crippen molar-refractivity contribution in [1.29, 1.82) is 0 Å². The zero-order chi connectivity index (χ0) is 14.3. The van der Waals surface area contributed by atoms with E-state index in [1.807, 2.05) is 43.9 Å². The van der Waals surface area contributed by atoms with Gasteiger partial charge in [-0.05, 0) is 32.8 Å². The van der Waals surface area contributed by atoms with Crippen molar-refractivity contribution < 1.29 is 4.79 Å². The molecule has 3 atom stereocenters. The monoisotopic (exact) mass is 260 g/mol. The summed E-state index contributed by atoms with van der Waals surface area (Å²) in [6.07, 6.45) is 0.775. The van der Waals surface area contributed by atoms with Crippen LogP contribution in [0.15, 0.2) is 30.3 Å². The molecule has 1 aliphatic heterocycles. The molecule has 1 aromatic carbocycles. The van der Waals surface area contributed by atoms with Gasteiger partial charge in [0, 0.05) is 12.1 Å². The first-order valence-corrected chi connectivity index (χ1v) is 6.98. The van der Waals surface area contributed by atoms with Gasteiger partial charge in [0.2, 0.25) is 5.91 Å². The van der Waals surface area contributed by atoms with Crippen molar-refractivity contribution in [3.63, 3.8) is 0 Å². The maximum Gasteiger partial charge on any atom is 0.230 e. The van der Waals surface area contributed by atoms with E-state index in [0.717, 1.165) is 12.0 Å². The molecule has 0 radical (unpaired) electrons. The Kier molecular flexibility index (Phi) is 3.43. The number of likely N-dealkylation sites (tertiary alicyclic amines) is 1. The Hall–Kier alpha value is -1.35. The van der Waals surface area contributed by atoms with E-state index in [4.69, 9.17) is 5.73 Å². The van der Waals surface area contributed by atoms with Crippen LogP contribution in [0.5, 0.6) is 0 Å². The van der Waals surface area contributed by atoms with Crippen molar-refractivity contribution in [2.75, 3.05) is 6.54 Å². The fraction of sp³-hybridized carbons (Fsp3) is 0.562. The molecule has 104 valence electrons. The highest BCUT2D eigenvalue weighted by Crippen LogP contribution is 2.44.